The smallest absolute Gasteiger partial charge is 0.332 e. The van der Waals surface area contributed by atoms with E-state index < -0.39 is 17.2 Å². The number of fused-ring (bicyclic) bond motifs is 1. The fourth-order valence-electron chi connectivity index (χ4n) is 4.22. The van der Waals surface area contributed by atoms with Crippen molar-refractivity contribution in [2.75, 3.05) is 39.5 Å². The SMILES string of the molecule is COc1ccc(NC(=O)c2c(N)nc3c(c2-c2cc(OC)c(OC)c(OC)c2)c(=O)n(C)c(=O)n3C)cc1. The molecule has 1 amide bonds. The monoisotopic (exact) mass is 521 g/mol. The lowest BCUT2D eigenvalue weighted by molar-refractivity contribution is 0.102. The number of nitrogens with two attached hydrogens (primary N) is 1. The first-order valence-electron chi connectivity index (χ1n) is 11.3. The molecule has 3 N–H and O–H groups in total. The van der Waals surface area contributed by atoms with Crippen LogP contribution in [0.5, 0.6) is 23.0 Å². The molecule has 0 unspecified atom stereocenters. The van der Waals surface area contributed by atoms with Gasteiger partial charge in [0.15, 0.2) is 17.1 Å². The normalized spacial score (nSPS) is 10.8. The second-order valence-corrected chi connectivity index (χ2v) is 8.25. The van der Waals surface area contributed by atoms with E-state index in [0.717, 1.165) is 4.57 Å². The van der Waals surface area contributed by atoms with E-state index in [0.29, 0.717) is 22.7 Å². The molecule has 2 heterocycles. The summed E-state index contributed by atoms with van der Waals surface area (Å²) in [4.78, 5) is 44.1. The quantitative estimate of drug-likeness (QED) is 0.373. The Balaban J connectivity index is 2.10. The first-order valence-corrected chi connectivity index (χ1v) is 11.3. The largest absolute Gasteiger partial charge is 0.497 e. The number of aryl methyl sites for hydroxylation is 1. The molecule has 2 aromatic carbocycles. The van der Waals surface area contributed by atoms with Crippen LogP contribution in [0.3, 0.4) is 0 Å². The molecule has 12 nitrogen and oxygen atoms in total. The zero-order chi connectivity index (χ0) is 27.7. The topological polar surface area (TPSA) is 149 Å². The predicted octanol–water partition coefficient (Wildman–Crippen LogP) is 2.17. The molecule has 4 rings (SSSR count). The molecular weight excluding hydrogens is 494 g/mol. The van der Waals surface area contributed by atoms with E-state index >= 15 is 0 Å². The van der Waals surface area contributed by atoms with Crippen LogP contribution in [0.2, 0.25) is 0 Å². The summed E-state index contributed by atoms with van der Waals surface area (Å²) in [6.07, 6.45) is 0. The van der Waals surface area contributed by atoms with Crippen LogP contribution < -0.4 is 41.2 Å². The molecular formula is C26H27N5O7. The van der Waals surface area contributed by atoms with Crippen LogP contribution in [-0.2, 0) is 14.1 Å². The Labute approximate surface area is 217 Å². The number of methoxy groups -OCH3 is 4. The number of hydrogen-bond donors (Lipinski definition) is 2. The highest BCUT2D eigenvalue weighted by molar-refractivity contribution is 6.16. The van der Waals surface area contributed by atoms with Gasteiger partial charge in [-0.2, -0.15) is 0 Å². The van der Waals surface area contributed by atoms with Gasteiger partial charge >= 0.3 is 5.69 Å². The molecule has 2 aromatic heterocycles. The number of nitrogen functional groups attached to an aromatic ring is 1. The minimum absolute atomic E-state index is 0.0120. The van der Waals surface area contributed by atoms with Crippen LogP contribution >= 0.6 is 0 Å². The Morgan fingerprint density at radius 2 is 1.50 bits per heavy atom. The Hall–Kier alpha value is -5.00. The molecule has 0 radical (unpaired) electrons. The lowest BCUT2D eigenvalue weighted by Gasteiger charge is -2.19. The lowest BCUT2D eigenvalue weighted by Crippen LogP contribution is -2.38. The van der Waals surface area contributed by atoms with E-state index in [1.165, 1.54) is 47.1 Å². The van der Waals surface area contributed by atoms with Gasteiger partial charge in [0, 0.05) is 25.3 Å². The predicted molar refractivity (Wildman–Crippen MR) is 143 cm³/mol. The summed E-state index contributed by atoms with van der Waals surface area (Å²) in [7, 11) is 8.69. The van der Waals surface area contributed by atoms with Crippen LogP contribution in [0.1, 0.15) is 10.4 Å². The van der Waals surface area contributed by atoms with Gasteiger partial charge in [0.1, 0.15) is 11.6 Å². The number of pyridine rings is 1. The molecule has 4 aromatic rings. The van der Waals surface area contributed by atoms with E-state index in [4.69, 9.17) is 24.7 Å². The van der Waals surface area contributed by atoms with Crippen LogP contribution in [0, 0.1) is 0 Å². The third-order valence-electron chi connectivity index (χ3n) is 6.14. The maximum Gasteiger partial charge on any atom is 0.332 e. The van der Waals surface area contributed by atoms with E-state index in [-0.39, 0.29) is 39.5 Å². The Bertz CT molecular complexity index is 1650. The van der Waals surface area contributed by atoms with Crippen molar-refractivity contribution in [2.24, 2.45) is 14.1 Å². The Kier molecular flexibility index (Phi) is 6.98. The highest BCUT2D eigenvalue weighted by atomic mass is 16.5. The molecule has 0 aliphatic heterocycles. The second kappa shape index (κ2) is 10.2. The number of anilines is 2. The number of carbonyl (C=O) groups excluding carboxylic acids is 1. The van der Waals surface area contributed by atoms with Crippen molar-refractivity contribution in [3.8, 4) is 34.1 Å². The zero-order valence-corrected chi connectivity index (χ0v) is 21.7. The van der Waals surface area contributed by atoms with Crippen LogP contribution in [0.15, 0.2) is 46.0 Å². The minimum atomic E-state index is -0.655. The molecule has 0 saturated carbocycles. The van der Waals surface area contributed by atoms with Crippen molar-refractivity contribution in [1.29, 1.82) is 0 Å². The fourth-order valence-corrected chi connectivity index (χ4v) is 4.22. The van der Waals surface area contributed by atoms with Gasteiger partial charge in [-0.15, -0.1) is 0 Å². The Morgan fingerprint density at radius 3 is 2.03 bits per heavy atom. The highest BCUT2D eigenvalue weighted by Crippen LogP contribution is 2.43. The first kappa shape index (κ1) is 26.1. The standard InChI is InChI=1S/C26H27N5O7/c1-30-23-20(25(33)31(2)26(30)34)18(13-11-16(36-4)21(38-6)17(12-13)37-5)19(22(27)29-23)24(32)28-14-7-9-15(35-3)10-8-14/h7-12H,1-6H3,(H2,27,29)(H,28,32). The summed E-state index contributed by atoms with van der Waals surface area (Å²) >= 11 is 0. The maximum atomic E-state index is 13.7. The van der Waals surface area contributed by atoms with E-state index in [9.17, 15) is 14.4 Å². The number of nitrogens with zero attached hydrogens (tertiary/aromatic N) is 3. The summed E-state index contributed by atoms with van der Waals surface area (Å²) in [5.74, 6) is 0.686. The number of carbonyl (C=O) groups is 1. The molecule has 0 fully saturated rings. The van der Waals surface area contributed by atoms with Crippen LogP contribution in [0.25, 0.3) is 22.2 Å². The van der Waals surface area contributed by atoms with Crippen molar-refractivity contribution in [3.63, 3.8) is 0 Å². The molecule has 0 aliphatic carbocycles. The first-order chi connectivity index (χ1) is 18.2. The summed E-state index contributed by atoms with van der Waals surface area (Å²) in [6.45, 7) is 0. The average Bonchev–Trinajstić information content (AvgIpc) is 2.93. The number of nitrogens with one attached hydrogen (secondary N) is 1. The van der Waals surface area contributed by atoms with Gasteiger partial charge in [-0.05, 0) is 42.0 Å². The zero-order valence-electron chi connectivity index (χ0n) is 21.7. The number of rotatable bonds is 7. The van der Waals surface area contributed by atoms with E-state index in [1.807, 2.05) is 0 Å². The summed E-state index contributed by atoms with van der Waals surface area (Å²) in [5, 5.41) is 2.80. The molecule has 0 aliphatic rings. The number of ether oxygens (including phenoxy) is 4. The number of benzene rings is 2. The second-order valence-electron chi connectivity index (χ2n) is 8.25. The van der Waals surface area contributed by atoms with Crippen molar-refractivity contribution in [2.45, 2.75) is 0 Å². The fraction of sp³-hybridized carbons (Fsp3) is 0.231. The maximum absolute atomic E-state index is 13.7. The number of hydrogen-bond acceptors (Lipinski definition) is 9. The molecule has 12 heteroatoms. The van der Waals surface area contributed by atoms with Gasteiger partial charge in [-0.1, -0.05) is 0 Å². The van der Waals surface area contributed by atoms with Gasteiger partial charge in [0.05, 0.1) is 39.4 Å². The Morgan fingerprint density at radius 1 is 0.895 bits per heavy atom. The minimum Gasteiger partial charge on any atom is -0.497 e. The van der Waals surface area contributed by atoms with Gasteiger partial charge in [-0.3, -0.25) is 18.7 Å². The molecule has 0 saturated heterocycles. The summed E-state index contributed by atoms with van der Waals surface area (Å²) in [5.41, 5.74) is 5.98. The van der Waals surface area contributed by atoms with Gasteiger partial charge in [0.2, 0.25) is 5.75 Å². The summed E-state index contributed by atoms with van der Waals surface area (Å²) in [6, 6.07) is 9.85. The molecule has 0 bridgehead atoms. The summed E-state index contributed by atoms with van der Waals surface area (Å²) < 4.78 is 23.7. The highest BCUT2D eigenvalue weighted by Gasteiger charge is 2.27. The molecule has 198 valence electrons. The third-order valence-corrected chi connectivity index (χ3v) is 6.14. The number of aromatic nitrogens is 3. The van der Waals surface area contributed by atoms with Crippen molar-refractivity contribution in [1.82, 2.24) is 14.1 Å². The van der Waals surface area contributed by atoms with Crippen molar-refractivity contribution >= 4 is 28.4 Å². The molecule has 38 heavy (non-hydrogen) atoms. The van der Waals surface area contributed by atoms with E-state index in [1.54, 1.807) is 36.4 Å². The number of amides is 1. The van der Waals surface area contributed by atoms with Crippen molar-refractivity contribution in [3.05, 3.63) is 62.8 Å². The van der Waals surface area contributed by atoms with Crippen LogP contribution in [0.4, 0.5) is 11.5 Å². The van der Waals surface area contributed by atoms with Crippen LogP contribution in [-0.4, -0.2) is 48.5 Å². The average molecular weight is 522 g/mol. The lowest BCUT2D eigenvalue weighted by atomic mass is 9.95. The van der Waals surface area contributed by atoms with Crippen molar-refractivity contribution < 1.29 is 23.7 Å². The molecule has 0 spiro atoms. The third kappa shape index (κ3) is 4.25. The molecule has 0 atom stereocenters. The van der Waals surface area contributed by atoms with Gasteiger partial charge in [0.25, 0.3) is 11.5 Å². The van der Waals surface area contributed by atoms with E-state index in [2.05, 4.69) is 10.3 Å². The van der Waals surface area contributed by atoms with Gasteiger partial charge < -0.3 is 30.0 Å². The van der Waals surface area contributed by atoms with Gasteiger partial charge in [-0.25, -0.2) is 9.78 Å².